The van der Waals surface area contributed by atoms with Crippen molar-refractivity contribution in [1.82, 2.24) is 30.0 Å². The third-order valence-corrected chi connectivity index (χ3v) is 6.55. The van der Waals surface area contributed by atoms with Gasteiger partial charge in [0.05, 0.1) is 11.4 Å². The van der Waals surface area contributed by atoms with Crippen LogP contribution in [-0.4, -0.2) is 49.6 Å². The summed E-state index contributed by atoms with van der Waals surface area (Å²) in [5, 5.41) is 8.13. The van der Waals surface area contributed by atoms with Crippen LogP contribution in [0.4, 0.5) is 14.6 Å². The molecule has 0 aliphatic carbocycles. The molecule has 0 spiro atoms. The standard InChI is InChI=1S/C27H25F2N7O2/c1-2-22(37)35-9-3-4-21(14-35)36-26-23(25(30)32-15-33-26)24(34-36)17-7-5-16(6-8-17)13-31-27(38)18-10-19(28)12-20(29)11-18/h2,5-8,10-12,15,21H,1,3-4,9,13-14H2,(H,31,38)(H2,30,32,33). The molecule has 2 aromatic carbocycles. The summed E-state index contributed by atoms with van der Waals surface area (Å²) < 4.78 is 28.7. The van der Waals surface area contributed by atoms with Crippen molar-refractivity contribution in [3.63, 3.8) is 0 Å². The molecule has 0 saturated carbocycles. The highest BCUT2D eigenvalue weighted by molar-refractivity contribution is 5.98. The van der Waals surface area contributed by atoms with E-state index >= 15 is 0 Å². The van der Waals surface area contributed by atoms with Gasteiger partial charge in [-0.25, -0.2) is 23.4 Å². The lowest BCUT2D eigenvalue weighted by atomic mass is 10.1. The number of likely N-dealkylation sites (tertiary alicyclic amines) is 1. The lowest BCUT2D eigenvalue weighted by Gasteiger charge is -2.32. The van der Waals surface area contributed by atoms with E-state index in [4.69, 9.17) is 10.8 Å². The summed E-state index contributed by atoms with van der Waals surface area (Å²) in [6, 6.07) is 9.91. The van der Waals surface area contributed by atoms with Gasteiger partial charge in [0, 0.05) is 36.8 Å². The number of hydrogen-bond donors (Lipinski definition) is 2. The summed E-state index contributed by atoms with van der Waals surface area (Å²) in [5.41, 5.74) is 8.88. The normalized spacial score (nSPS) is 15.4. The number of nitrogens with zero attached hydrogens (tertiary/aromatic N) is 5. The Kier molecular flexibility index (Phi) is 6.82. The molecule has 38 heavy (non-hydrogen) atoms. The zero-order valence-corrected chi connectivity index (χ0v) is 20.4. The van der Waals surface area contributed by atoms with Gasteiger partial charge in [-0.3, -0.25) is 9.59 Å². The second kappa shape index (κ2) is 10.4. The second-order valence-corrected chi connectivity index (χ2v) is 9.07. The first-order chi connectivity index (χ1) is 18.3. The Labute approximate surface area is 217 Å². The van der Waals surface area contributed by atoms with Crippen LogP contribution in [0.5, 0.6) is 0 Å². The topological polar surface area (TPSA) is 119 Å². The maximum Gasteiger partial charge on any atom is 0.251 e. The van der Waals surface area contributed by atoms with Gasteiger partial charge in [-0.15, -0.1) is 0 Å². The minimum Gasteiger partial charge on any atom is -0.383 e. The van der Waals surface area contributed by atoms with E-state index in [-0.39, 0.29) is 24.1 Å². The van der Waals surface area contributed by atoms with Crippen LogP contribution >= 0.6 is 0 Å². The molecule has 2 amide bonds. The van der Waals surface area contributed by atoms with Crippen molar-refractivity contribution in [3.05, 3.63) is 84.2 Å². The number of benzene rings is 2. The number of halogens is 2. The van der Waals surface area contributed by atoms with Gasteiger partial charge in [0.15, 0.2) is 5.65 Å². The molecule has 0 bridgehead atoms. The second-order valence-electron chi connectivity index (χ2n) is 9.07. The molecule has 4 aromatic rings. The number of amides is 2. The van der Waals surface area contributed by atoms with Crippen molar-refractivity contribution in [2.24, 2.45) is 0 Å². The monoisotopic (exact) mass is 517 g/mol. The largest absolute Gasteiger partial charge is 0.383 e. The SMILES string of the molecule is C=CC(=O)N1CCCC(n2nc(-c3ccc(CNC(=O)c4cc(F)cc(F)c4)cc3)c3c(N)ncnc32)C1. The van der Waals surface area contributed by atoms with Crippen LogP contribution in [0.15, 0.2) is 61.4 Å². The molecule has 194 valence electrons. The molecule has 9 nitrogen and oxygen atoms in total. The maximum absolute atomic E-state index is 13.4. The Balaban J connectivity index is 1.39. The molecule has 1 fully saturated rings. The number of carbonyl (C=O) groups excluding carboxylic acids is 2. The number of hydrogen-bond acceptors (Lipinski definition) is 6. The minimum atomic E-state index is -0.817. The highest BCUT2D eigenvalue weighted by Crippen LogP contribution is 2.33. The van der Waals surface area contributed by atoms with Crippen molar-refractivity contribution in [2.45, 2.75) is 25.4 Å². The van der Waals surface area contributed by atoms with Crippen molar-refractivity contribution in [3.8, 4) is 11.3 Å². The fourth-order valence-electron chi connectivity index (χ4n) is 4.69. The number of aromatic nitrogens is 4. The van der Waals surface area contributed by atoms with E-state index in [1.54, 1.807) is 4.90 Å². The highest BCUT2D eigenvalue weighted by Gasteiger charge is 2.28. The average Bonchev–Trinajstić information content (AvgIpc) is 3.32. The quantitative estimate of drug-likeness (QED) is 0.377. The number of piperidine rings is 1. The molecule has 1 aliphatic heterocycles. The van der Waals surface area contributed by atoms with Crippen LogP contribution in [-0.2, 0) is 11.3 Å². The fourth-order valence-corrected chi connectivity index (χ4v) is 4.69. The highest BCUT2D eigenvalue weighted by atomic mass is 19.1. The Hall–Kier alpha value is -4.67. The third kappa shape index (κ3) is 4.95. The summed E-state index contributed by atoms with van der Waals surface area (Å²) in [6.07, 6.45) is 4.36. The van der Waals surface area contributed by atoms with Gasteiger partial charge in [0.25, 0.3) is 5.91 Å². The summed E-state index contributed by atoms with van der Waals surface area (Å²) in [5.74, 6) is -2.04. The summed E-state index contributed by atoms with van der Waals surface area (Å²) in [4.78, 5) is 34.9. The van der Waals surface area contributed by atoms with Gasteiger partial charge in [-0.1, -0.05) is 30.8 Å². The summed E-state index contributed by atoms with van der Waals surface area (Å²) >= 11 is 0. The predicted molar refractivity (Wildman–Crippen MR) is 138 cm³/mol. The van der Waals surface area contributed by atoms with Gasteiger partial charge in [-0.05, 0) is 36.6 Å². The van der Waals surface area contributed by atoms with Crippen molar-refractivity contribution < 1.29 is 18.4 Å². The molecular formula is C27H25F2N7O2. The van der Waals surface area contributed by atoms with Gasteiger partial charge < -0.3 is 16.0 Å². The predicted octanol–water partition coefficient (Wildman–Crippen LogP) is 3.63. The maximum atomic E-state index is 13.4. The van der Waals surface area contributed by atoms with Crippen LogP contribution in [0.2, 0.25) is 0 Å². The zero-order chi connectivity index (χ0) is 26.8. The summed E-state index contributed by atoms with van der Waals surface area (Å²) in [7, 11) is 0. The molecule has 1 unspecified atom stereocenters. The fraction of sp³-hybridized carbons (Fsp3) is 0.222. The van der Waals surface area contributed by atoms with E-state index < -0.39 is 17.5 Å². The van der Waals surface area contributed by atoms with Crippen LogP contribution in [0.3, 0.4) is 0 Å². The average molecular weight is 518 g/mol. The Morgan fingerprint density at radius 3 is 2.58 bits per heavy atom. The molecular weight excluding hydrogens is 492 g/mol. The van der Waals surface area contributed by atoms with Crippen LogP contribution in [0.1, 0.15) is 34.8 Å². The van der Waals surface area contributed by atoms with E-state index in [9.17, 15) is 18.4 Å². The molecule has 3 heterocycles. The summed E-state index contributed by atoms with van der Waals surface area (Å²) in [6.45, 7) is 4.89. The molecule has 11 heteroatoms. The lowest BCUT2D eigenvalue weighted by molar-refractivity contribution is -0.127. The van der Waals surface area contributed by atoms with E-state index in [2.05, 4.69) is 21.9 Å². The number of anilines is 1. The van der Waals surface area contributed by atoms with Crippen molar-refractivity contribution in [1.29, 1.82) is 0 Å². The molecule has 5 rings (SSSR count). The molecule has 1 aliphatic rings. The first kappa shape index (κ1) is 25.0. The zero-order valence-electron chi connectivity index (χ0n) is 20.4. The van der Waals surface area contributed by atoms with Crippen LogP contribution in [0.25, 0.3) is 22.3 Å². The lowest BCUT2D eigenvalue weighted by Crippen LogP contribution is -2.40. The van der Waals surface area contributed by atoms with Gasteiger partial charge in [-0.2, -0.15) is 5.10 Å². The smallest absolute Gasteiger partial charge is 0.251 e. The van der Waals surface area contributed by atoms with Gasteiger partial charge in [0.1, 0.15) is 29.5 Å². The third-order valence-electron chi connectivity index (χ3n) is 6.55. The molecule has 3 N–H and O–H groups in total. The van der Waals surface area contributed by atoms with Crippen molar-refractivity contribution in [2.75, 3.05) is 18.8 Å². The number of rotatable bonds is 6. The number of fused-ring (bicyclic) bond motifs is 1. The first-order valence-corrected chi connectivity index (χ1v) is 12.1. The first-order valence-electron chi connectivity index (χ1n) is 12.1. The molecule has 1 saturated heterocycles. The molecule has 2 aromatic heterocycles. The minimum absolute atomic E-state index is 0.0830. The van der Waals surface area contributed by atoms with Gasteiger partial charge in [0.2, 0.25) is 5.91 Å². The number of nitrogens with two attached hydrogens (primary N) is 1. The Bertz CT molecular complexity index is 1510. The van der Waals surface area contributed by atoms with E-state index in [0.717, 1.165) is 36.1 Å². The van der Waals surface area contributed by atoms with E-state index in [1.165, 1.54) is 12.4 Å². The van der Waals surface area contributed by atoms with Gasteiger partial charge >= 0.3 is 0 Å². The Morgan fingerprint density at radius 2 is 1.87 bits per heavy atom. The van der Waals surface area contributed by atoms with E-state index in [0.29, 0.717) is 41.7 Å². The van der Waals surface area contributed by atoms with Crippen LogP contribution < -0.4 is 11.1 Å². The molecule has 1 atom stereocenters. The molecule has 0 radical (unpaired) electrons. The Morgan fingerprint density at radius 1 is 1.13 bits per heavy atom. The number of nitrogen functional groups attached to an aromatic ring is 1. The van der Waals surface area contributed by atoms with Crippen molar-refractivity contribution >= 4 is 28.7 Å². The van der Waals surface area contributed by atoms with Crippen LogP contribution in [0, 0.1) is 11.6 Å². The van der Waals surface area contributed by atoms with E-state index in [1.807, 2.05) is 28.9 Å². The number of nitrogens with one attached hydrogen (secondary N) is 1. The number of carbonyl (C=O) groups is 2.